The number of aromatic nitrogens is 1. The Morgan fingerprint density at radius 3 is 2.31 bits per heavy atom. The third kappa shape index (κ3) is 4.66. The van der Waals surface area contributed by atoms with Crippen molar-refractivity contribution < 1.29 is 14.3 Å². The molecule has 1 aromatic heterocycles. The number of nitrogens with one attached hydrogen (secondary N) is 2. The number of aryl methyl sites for hydroxylation is 3. The number of pyridine rings is 1. The van der Waals surface area contributed by atoms with Crippen molar-refractivity contribution in [1.82, 2.24) is 4.98 Å². The Bertz CT molecular complexity index is 1020. The van der Waals surface area contributed by atoms with Crippen LogP contribution in [0.4, 0.5) is 17.2 Å². The second-order valence-electron chi connectivity index (χ2n) is 6.85. The largest absolute Gasteiger partial charge is 0.497 e. The van der Waals surface area contributed by atoms with Gasteiger partial charge in [0.05, 0.1) is 19.9 Å². The first-order chi connectivity index (χ1) is 13.9. The number of rotatable bonds is 6. The van der Waals surface area contributed by atoms with Crippen molar-refractivity contribution >= 4 is 23.1 Å². The van der Waals surface area contributed by atoms with Gasteiger partial charge in [0.1, 0.15) is 17.3 Å². The molecule has 2 aromatic carbocycles. The van der Waals surface area contributed by atoms with Crippen LogP contribution in [0.3, 0.4) is 0 Å². The summed E-state index contributed by atoms with van der Waals surface area (Å²) in [6.45, 7) is 6.17. The van der Waals surface area contributed by atoms with E-state index in [9.17, 15) is 4.79 Å². The maximum atomic E-state index is 12.8. The maximum Gasteiger partial charge on any atom is 0.255 e. The van der Waals surface area contributed by atoms with Gasteiger partial charge >= 0.3 is 0 Å². The molecular weight excluding hydrogens is 366 g/mol. The van der Waals surface area contributed by atoms with Crippen molar-refractivity contribution in [3.63, 3.8) is 0 Å². The predicted molar refractivity (Wildman–Crippen MR) is 116 cm³/mol. The van der Waals surface area contributed by atoms with Gasteiger partial charge in [-0.25, -0.2) is 4.98 Å². The van der Waals surface area contributed by atoms with Gasteiger partial charge in [0.2, 0.25) is 0 Å². The lowest BCUT2D eigenvalue weighted by Gasteiger charge is -2.14. The van der Waals surface area contributed by atoms with Gasteiger partial charge in [-0.3, -0.25) is 4.79 Å². The smallest absolute Gasteiger partial charge is 0.255 e. The minimum Gasteiger partial charge on any atom is -0.497 e. The summed E-state index contributed by atoms with van der Waals surface area (Å²) in [5.74, 6) is 1.52. The van der Waals surface area contributed by atoms with Crippen molar-refractivity contribution in [3.05, 3.63) is 70.9 Å². The van der Waals surface area contributed by atoms with Crippen LogP contribution in [-0.4, -0.2) is 25.1 Å². The van der Waals surface area contributed by atoms with Gasteiger partial charge in [0, 0.05) is 23.5 Å². The number of carbonyl (C=O) groups is 1. The van der Waals surface area contributed by atoms with Crippen LogP contribution >= 0.6 is 0 Å². The standard InChI is InChI=1S/C23H25N3O3/c1-14-10-15(2)22(16(3)11-14)26-21-12-17(8-9-24-21)23(27)25-19-13-18(28-4)6-7-20(19)29-5/h6-13H,1-5H3,(H,24,26)(H,25,27). The summed E-state index contributed by atoms with van der Waals surface area (Å²) in [6.07, 6.45) is 1.61. The summed E-state index contributed by atoms with van der Waals surface area (Å²) < 4.78 is 10.6. The highest BCUT2D eigenvalue weighted by Crippen LogP contribution is 2.30. The average Bonchev–Trinajstić information content (AvgIpc) is 2.70. The van der Waals surface area contributed by atoms with E-state index < -0.39 is 0 Å². The van der Waals surface area contributed by atoms with Crippen molar-refractivity contribution in [2.45, 2.75) is 20.8 Å². The van der Waals surface area contributed by atoms with Gasteiger partial charge in [-0.2, -0.15) is 0 Å². The zero-order valence-corrected chi connectivity index (χ0v) is 17.3. The molecule has 0 radical (unpaired) electrons. The number of methoxy groups -OCH3 is 2. The van der Waals surface area contributed by atoms with Gasteiger partial charge in [-0.05, 0) is 56.2 Å². The number of benzene rings is 2. The lowest BCUT2D eigenvalue weighted by molar-refractivity contribution is 0.102. The van der Waals surface area contributed by atoms with Crippen LogP contribution in [-0.2, 0) is 0 Å². The van der Waals surface area contributed by atoms with Crippen LogP contribution in [0.25, 0.3) is 0 Å². The molecule has 29 heavy (non-hydrogen) atoms. The Hall–Kier alpha value is -3.54. The third-order valence-corrected chi connectivity index (χ3v) is 4.61. The topological polar surface area (TPSA) is 72.5 Å². The number of hydrogen-bond donors (Lipinski definition) is 2. The van der Waals surface area contributed by atoms with E-state index in [0.29, 0.717) is 28.6 Å². The highest BCUT2D eigenvalue weighted by molar-refractivity contribution is 6.05. The zero-order chi connectivity index (χ0) is 21.0. The molecule has 0 aliphatic heterocycles. The summed E-state index contributed by atoms with van der Waals surface area (Å²) >= 11 is 0. The summed E-state index contributed by atoms with van der Waals surface area (Å²) in [5.41, 5.74) is 5.47. The molecule has 3 aromatic rings. The van der Waals surface area contributed by atoms with Crippen molar-refractivity contribution in [1.29, 1.82) is 0 Å². The first kappa shape index (κ1) is 20.2. The molecule has 6 nitrogen and oxygen atoms in total. The van der Waals surface area contributed by atoms with Crippen LogP contribution < -0.4 is 20.1 Å². The third-order valence-electron chi connectivity index (χ3n) is 4.61. The van der Waals surface area contributed by atoms with Gasteiger partial charge in [-0.1, -0.05) is 17.7 Å². The second-order valence-corrected chi connectivity index (χ2v) is 6.85. The Morgan fingerprint density at radius 1 is 0.931 bits per heavy atom. The molecule has 6 heteroatoms. The minimum absolute atomic E-state index is 0.264. The van der Waals surface area contributed by atoms with E-state index in [2.05, 4.69) is 34.7 Å². The second kappa shape index (κ2) is 8.65. The molecule has 0 bridgehead atoms. The molecule has 0 aliphatic carbocycles. The predicted octanol–water partition coefficient (Wildman–Crippen LogP) is 5.02. The van der Waals surface area contributed by atoms with Crippen LogP contribution in [0.5, 0.6) is 11.5 Å². The molecule has 1 heterocycles. The minimum atomic E-state index is -0.264. The molecule has 3 rings (SSSR count). The van der Waals surface area contributed by atoms with Crippen molar-refractivity contribution in [3.8, 4) is 11.5 Å². The fourth-order valence-electron chi connectivity index (χ4n) is 3.25. The SMILES string of the molecule is COc1ccc(OC)c(NC(=O)c2ccnc(Nc3c(C)cc(C)cc3C)c2)c1. The van der Waals surface area contributed by atoms with Gasteiger partial charge in [-0.15, -0.1) is 0 Å². The van der Waals surface area contributed by atoms with E-state index in [1.165, 1.54) is 5.56 Å². The molecule has 0 aliphatic rings. The molecule has 150 valence electrons. The number of amides is 1. The molecule has 0 atom stereocenters. The Kier molecular flexibility index (Phi) is 6.02. The molecular formula is C23H25N3O3. The van der Waals surface area contributed by atoms with E-state index in [-0.39, 0.29) is 5.91 Å². The van der Waals surface area contributed by atoms with Crippen molar-refractivity contribution in [2.75, 3.05) is 24.9 Å². The molecule has 0 saturated carbocycles. The number of nitrogens with zero attached hydrogens (tertiary/aromatic N) is 1. The summed E-state index contributed by atoms with van der Waals surface area (Å²) in [5, 5.41) is 6.21. The van der Waals surface area contributed by atoms with E-state index in [4.69, 9.17) is 9.47 Å². The van der Waals surface area contributed by atoms with E-state index in [1.807, 2.05) is 13.8 Å². The molecule has 0 saturated heterocycles. The average molecular weight is 391 g/mol. The van der Waals surface area contributed by atoms with Gasteiger partial charge in [0.25, 0.3) is 5.91 Å². The van der Waals surface area contributed by atoms with Crippen LogP contribution in [0.1, 0.15) is 27.0 Å². The van der Waals surface area contributed by atoms with Gasteiger partial charge < -0.3 is 20.1 Å². The molecule has 0 unspecified atom stereocenters. The first-order valence-electron chi connectivity index (χ1n) is 9.25. The first-order valence-corrected chi connectivity index (χ1v) is 9.25. The van der Waals surface area contributed by atoms with Crippen LogP contribution in [0, 0.1) is 20.8 Å². The van der Waals surface area contributed by atoms with E-state index in [1.54, 1.807) is 50.7 Å². The number of carbonyl (C=O) groups excluding carboxylic acids is 1. The summed E-state index contributed by atoms with van der Waals surface area (Å²) in [7, 11) is 3.13. The van der Waals surface area contributed by atoms with Crippen LogP contribution in [0.2, 0.25) is 0 Å². The number of ether oxygens (including phenoxy) is 2. The summed E-state index contributed by atoms with van der Waals surface area (Å²) in [6, 6.07) is 12.9. The lowest BCUT2D eigenvalue weighted by atomic mass is 10.1. The van der Waals surface area contributed by atoms with Crippen LogP contribution in [0.15, 0.2) is 48.7 Å². The molecule has 2 N–H and O–H groups in total. The van der Waals surface area contributed by atoms with E-state index in [0.717, 1.165) is 16.8 Å². The Morgan fingerprint density at radius 2 is 1.66 bits per heavy atom. The van der Waals surface area contributed by atoms with Gasteiger partial charge in [0.15, 0.2) is 0 Å². The monoisotopic (exact) mass is 391 g/mol. The highest BCUT2D eigenvalue weighted by atomic mass is 16.5. The lowest BCUT2D eigenvalue weighted by Crippen LogP contribution is -2.13. The number of anilines is 3. The highest BCUT2D eigenvalue weighted by Gasteiger charge is 2.13. The zero-order valence-electron chi connectivity index (χ0n) is 17.3. The Labute approximate surface area is 170 Å². The fraction of sp³-hybridized carbons (Fsp3) is 0.217. The quantitative estimate of drug-likeness (QED) is 0.617. The molecule has 0 spiro atoms. The summed E-state index contributed by atoms with van der Waals surface area (Å²) in [4.78, 5) is 17.2. The fourth-order valence-corrected chi connectivity index (χ4v) is 3.25. The molecule has 1 amide bonds. The maximum absolute atomic E-state index is 12.8. The normalized spacial score (nSPS) is 10.4. The number of hydrogen-bond acceptors (Lipinski definition) is 5. The van der Waals surface area contributed by atoms with E-state index >= 15 is 0 Å². The molecule has 0 fully saturated rings. The van der Waals surface area contributed by atoms with Crippen molar-refractivity contribution in [2.24, 2.45) is 0 Å². The Balaban J connectivity index is 1.84.